The number of terminal acetylenes is 1. The Balaban J connectivity index is 2.88. The lowest BCUT2D eigenvalue weighted by atomic mass is 10.4. The summed E-state index contributed by atoms with van der Waals surface area (Å²) in [7, 11) is -1.01. The number of hydrogen-bond acceptors (Lipinski definition) is 0. The number of rotatable bonds is 1. The van der Waals surface area contributed by atoms with E-state index in [4.69, 9.17) is 6.42 Å². The topological polar surface area (TPSA) is 0 Å². The smallest absolute Gasteiger partial charge is 0.133 e. The van der Waals surface area contributed by atoms with Crippen LogP contribution in [-0.2, 0) is 0 Å². The zero-order valence-corrected chi connectivity index (χ0v) is 7.20. The predicted octanol–water partition coefficient (Wildman–Crippen LogP) is 0.923. The van der Waals surface area contributed by atoms with Crippen LogP contribution in [0.5, 0.6) is 0 Å². The molecule has 0 N–H and O–H groups in total. The largest absolute Gasteiger partial charge is 0.149 e. The molecule has 0 saturated heterocycles. The fraction of sp³-hybridized carbons (Fsp3) is 0.111. The lowest BCUT2D eigenvalue weighted by Crippen LogP contribution is -2.23. The Morgan fingerprint density at radius 1 is 1.30 bits per heavy atom. The Kier molecular flexibility index (Phi) is 2.30. The molecule has 0 saturated carbocycles. The van der Waals surface area contributed by atoms with Crippen molar-refractivity contribution in [2.75, 3.05) is 0 Å². The van der Waals surface area contributed by atoms with Crippen LogP contribution in [0.15, 0.2) is 30.3 Å². The van der Waals surface area contributed by atoms with Crippen molar-refractivity contribution < 1.29 is 0 Å². The summed E-state index contributed by atoms with van der Waals surface area (Å²) in [6.45, 7) is 2.16. The van der Waals surface area contributed by atoms with Gasteiger partial charge in [-0.15, -0.1) is 12.0 Å². The predicted molar refractivity (Wildman–Crippen MR) is 47.9 cm³/mol. The minimum atomic E-state index is -1.01. The van der Waals surface area contributed by atoms with Gasteiger partial charge in [0.25, 0.3) is 0 Å². The molecule has 1 aromatic rings. The quantitative estimate of drug-likeness (QED) is 0.408. The van der Waals surface area contributed by atoms with Gasteiger partial charge in [0.1, 0.15) is 8.80 Å². The van der Waals surface area contributed by atoms with Crippen LogP contribution >= 0.6 is 0 Å². The van der Waals surface area contributed by atoms with Crippen molar-refractivity contribution in [2.45, 2.75) is 6.55 Å². The standard InChI is InChI=1S/C9H10Si/c1-3-10(2)9-7-5-4-6-8-9/h1,4-8,10H,2H3. The van der Waals surface area contributed by atoms with Crippen LogP contribution in [0.25, 0.3) is 0 Å². The van der Waals surface area contributed by atoms with Gasteiger partial charge in [0.05, 0.1) is 0 Å². The van der Waals surface area contributed by atoms with E-state index in [1.165, 1.54) is 5.19 Å². The van der Waals surface area contributed by atoms with Crippen LogP contribution in [0.1, 0.15) is 0 Å². The highest BCUT2D eigenvalue weighted by atomic mass is 28.3. The van der Waals surface area contributed by atoms with Gasteiger partial charge in [-0.25, -0.2) is 0 Å². The van der Waals surface area contributed by atoms with Gasteiger partial charge >= 0.3 is 0 Å². The monoisotopic (exact) mass is 146 g/mol. The summed E-state index contributed by atoms with van der Waals surface area (Å²) in [5, 5.41) is 1.35. The maximum atomic E-state index is 5.32. The molecule has 50 valence electrons. The van der Waals surface area contributed by atoms with Crippen LogP contribution in [0.4, 0.5) is 0 Å². The third-order valence-corrected chi connectivity index (χ3v) is 3.43. The van der Waals surface area contributed by atoms with Gasteiger partial charge in [0.15, 0.2) is 0 Å². The molecule has 1 rings (SSSR count). The minimum Gasteiger partial charge on any atom is -0.133 e. The molecule has 1 aromatic carbocycles. The molecule has 1 unspecified atom stereocenters. The summed E-state index contributed by atoms with van der Waals surface area (Å²) in [5.41, 5.74) is 2.82. The summed E-state index contributed by atoms with van der Waals surface area (Å²) in [4.78, 5) is 0. The summed E-state index contributed by atoms with van der Waals surface area (Å²) in [6, 6.07) is 10.3. The highest BCUT2D eigenvalue weighted by Gasteiger charge is 1.99. The molecule has 0 aromatic heterocycles. The molecular weight excluding hydrogens is 136 g/mol. The van der Waals surface area contributed by atoms with E-state index in [2.05, 4.69) is 24.2 Å². The van der Waals surface area contributed by atoms with Gasteiger partial charge in [-0.3, -0.25) is 0 Å². The van der Waals surface area contributed by atoms with Crippen molar-refractivity contribution in [1.29, 1.82) is 0 Å². The zero-order chi connectivity index (χ0) is 7.40. The maximum absolute atomic E-state index is 5.32. The van der Waals surface area contributed by atoms with E-state index in [-0.39, 0.29) is 0 Å². The third-order valence-electron chi connectivity index (χ3n) is 1.55. The van der Waals surface area contributed by atoms with E-state index < -0.39 is 8.80 Å². The second-order valence-electron chi connectivity index (χ2n) is 2.30. The Labute approximate surface area is 63.5 Å². The minimum absolute atomic E-state index is 1.01. The molecule has 0 radical (unpaired) electrons. The first-order chi connectivity index (χ1) is 4.84. The zero-order valence-electron chi connectivity index (χ0n) is 6.04. The normalized spacial score (nSPS) is 12.0. The molecule has 1 heteroatoms. The lowest BCUT2D eigenvalue weighted by Gasteiger charge is -1.99. The summed E-state index contributed by atoms with van der Waals surface area (Å²) >= 11 is 0. The van der Waals surface area contributed by atoms with E-state index in [0.29, 0.717) is 0 Å². The Hall–Kier alpha value is -1.00. The van der Waals surface area contributed by atoms with Gasteiger partial charge in [-0.1, -0.05) is 36.9 Å². The van der Waals surface area contributed by atoms with Gasteiger partial charge in [-0.05, 0) is 5.19 Å². The van der Waals surface area contributed by atoms with Crippen molar-refractivity contribution in [1.82, 2.24) is 0 Å². The maximum Gasteiger partial charge on any atom is 0.149 e. The van der Waals surface area contributed by atoms with Crippen LogP contribution in [-0.4, -0.2) is 8.80 Å². The van der Waals surface area contributed by atoms with Crippen molar-refractivity contribution in [3.05, 3.63) is 30.3 Å². The molecule has 0 aliphatic carbocycles. The second-order valence-corrected chi connectivity index (χ2v) is 4.74. The molecule has 0 amide bonds. The Morgan fingerprint density at radius 3 is 2.40 bits per heavy atom. The number of benzene rings is 1. The second kappa shape index (κ2) is 3.24. The van der Waals surface area contributed by atoms with Crippen LogP contribution in [0, 0.1) is 12.0 Å². The first-order valence-corrected chi connectivity index (χ1v) is 5.66. The van der Waals surface area contributed by atoms with Gasteiger partial charge in [-0.2, -0.15) is 0 Å². The summed E-state index contributed by atoms with van der Waals surface area (Å²) < 4.78 is 0. The van der Waals surface area contributed by atoms with E-state index in [1.807, 2.05) is 18.2 Å². The average molecular weight is 146 g/mol. The first-order valence-electron chi connectivity index (χ1n) is 3.35. The number of hydrogen-bond donors (Lipinski definition) is 0. The summed E-state index contributed by atoms with van der Waals surface area (Å²) in [5.74, 6) is 0. The molecule has 10 heavy (non-hydrogen) atoms. The Morgan fingerprint density at radius 2 is 1.90 bits per heavy atom. The molecule has 0 aliphatic rings. The fourth-order valence-electron chi connectivity index (χ4n) is 0.838. The molecule has 0 nitrogen and oxygen atoms in total. The molecule has 0 spiro atoms. The average Bonchev–Trinajstić information content (AvgIpc) is 2.05. The molecule has 1 atom stereocenters. The molecule has 0 fully saturated rings. The van der Waals surface area contributed by atoms with E-state index in [9.17, 15) is 0 Å². The summed E-state index contributed by atoms with van der Waals surface area (Å²) in [6.07, 6.45) is 5.32. The molecular formula is C9H10Si. The van der Waals surface area contributed by atoms with E-state index >= 15 is 0 Å². The third kappa shape index (κ3) is 1.49. The Bertz CT molecular complexity index is 233. The van der Waals surface area contributed by atoms with Crippen LogP contribution in [0.3, 0.4) is 0 Å². The highest BCUT2D eigenvalue weighted by Crippen LogP contribution is 1.85. The molecule has 0 bridgehead atoms. The van der Waals surface area contributed by atoms with Crippen molar-refractivity contribution in [2.24, 2.45) is 0 Å². The van der Waals surface area contributed by atoms with Crippen molar-refractivity contribution in [3.63, 3.8) is 0 Å². The highest BCUT2D eigenvalue weighted by molar-refractivity contribution is 6.79. The van der Waals surface area contributed by atoms with E-state index in [0.717, 1.165) is 0 Å². The van der Waals surface area contributed by atoms with E-state index in [1.54, 1.807) is 0 Å². The van der Waals surface area contributed by atoms with Gasteiger partial charge < -0.3 is 0 Å². The molecule has 0 heterocycles. The van der Waals surface area contributed by atoms with Gasteiger partial charge in [0, 0.05) is 0 Å². The van der Waals surface area contributed by atoms with Gasteiger partial charge in [0.2, 0.25) is 0 Å². The van der Waals surface area contributed by atoms with Crippen LogP contribution in [0.2, 0.25) is 6.55 Å². The first kappa shape index (κ1) is 7.11. The lowest BCUT2D eigenvalue weighted by molar-refractivity contribution is 1.76. The fourth-order valence-corrected chi connectivity index (χ4v) is 1.83. The van der Waals surface area contributed by atoms with Crippen molar-refractivity contribution >= 4 is 14.0 Å². The van der Waals surface area contributed by atoms with Crippen molar-refractivity contribution in [3.8, 4) is 12.0 Å². The van der Waals surface area contributed by atoms with Crippen LogP contribution < -0.4 is 5.19 Å². The molecule has 0 aliphatic heterocycles. The SMILES string of the molecule is C#C[SiH](C)c1ccccc1.